The number of halogens is 2. The maximum Gasteiger partial charge on any atom is 0.220 e. The van der Waals surface area contributed by atoms with Gasteiger partial charge in [-0.2, -0.15) is 0 Å². The van der Waals surface area contributed by atoms with Gasteiger partial charge in [-0.05, 0) is 43.8 Å². The third kappa shape index (κ3) is 6.83. The molecule has 2 unspecified atom stereocenters. The van der Waals surface area contributed by atoms with Crippen LogP contribution < -0.4 is 15.5 Å². The Balaban J connectivity index is 0.00000264. The number of rotatable bonds is 6. The standard InChI is InChI=1S/C17H28N4O.2ClH/c1-13(14-6-4-8-18-11-14)10-16(22)20-12-15-7-5-9-19-17(15)21(2)3;;/h5,7,9,13-14,18H,4,6,8,10-12H2,1-3H3,(H,20,22);2*1H. The molecule has 0 spiro atoms. The second-order valence-electron chi connectivity index (χ2n) is 6.45. The molecule has 1 saturated heterocycles. The van der Waals surface area contributed by atoms with E-state index in [9.17, 15) is 4.79 Å². The average Bonchev–Trinajstić information content (AvgIpc) is 2.54. The van der Waals surface area contributed by atoms with Crippen LogP contribution in [0.4, 0.5) is 5.82 Å². The van der Waals surface area contributed by atoms with Gasteiger partial charge in [0.2, 0.25) is 5.91 Å². The van der Waals surface area contributed by atoms with E-state index in [4.69, 9.17) is 0 Å². The second-order valence-corrected chi connectivity index (χ2v) is 6.45. The summed E-state index contributed by atoms with van der Waals surface area (Å²) in [4.78, 5) is 18.5. The third-order valence-corrected chi connectivity index (χ3v) is 4.41. The Morgan fingerprint density at radius 1 is 1.46 bits per heavy atom. The van der Waals surface area contributed by atoms with E-state index in [1.165, 1.54) is 12.8 Å². The highest BCUT2D eigenvalue weighted by atomic mass is 35.5. The molecule has 1 aromatic rings. The Labute approximate surface area is 157 Å². The van der Waals surface area contributed by atoms with Crippen LogP contribution in [0.15, 0.2) is 18.3 Å². The van der Waals surface area contributed by atoms with E-state index >= 15 is 0 Å². The normalized spacial score (nSPS) is 17.9. The monoisotopic (exact) mass is 376 g/mol. The number of pyridine rings is 1. The highest BCUT2D eigenvalue weighted by molar-refractivity contribution is 5.85. The zero-order chi connectivity index (χ0) is 15.9. The van der Waals surface area contributed by atoms with Crippen LogP contribution in [0.25, 0.3) is 0 Å². The number of piperidine rings is 1. The van der Waals surface area contributed by atoms with Crippen LogP contribution >= 0.6 is 24.8 Å². The lowest BCUT2D eigenvalue weighted by molar-refractivity contribution is -0.122. The van der Waals surface area contributed by atoms with Crippen molar-refractivity contribution in [3.8, 4) is 0 Å². The Kier molecular flexibility index (Phi) is 11.0. The number of anilines is 1. The van der Waals surface area contributed by atoms with E-state index < -0.39 is 0 Å². The molecule has 138 valence electrons. The van der Waals surface area contributed by atoms with Crippen molar-refractivity contribution in [2.75, 3.05) is 32.1 Å². The number of carbonyl (C=O) groups is 1. The fourth-order valence-electron chi connectivity index (χ4n) is 3.06. The smallest absolute Gasteiger partial charge is 0.220 e. The lowest BCUT2D eigenvalue weighted by Gasteiger charge is -2.28. The molecule has 1 aliphatic rings. The Hall–Kier alpha value is -1.04. The predicted octanol–water partition coefficient (Wildman–Crippen LogP) is 2.63. The minimum Gasteiger partial charge on any atom is -0.362 e. The summed E-state index contributed by atoms with van der Waals surface area (Å²) in [7, 11) is 3.93. The molecular formula is C17H30Cl2N4O. The molecule has 0 saturated carbocycles. The first-order valence-corrected chi connectivity index (χ1v) is 8.16. The quantitative estimate of drug-likeness (QED) is 0.800. The first-order valence-electron chi connectivity index (χ1n) is 8.16. The van der Waals surface area contributed by atoms with E-state index in [-0.39, 0.29) is 30.7 Å². The van der Waals surface area contributed by atoms with Gasteiger partial charge in [-0.25, -0.2) is 4.98 Å². The minimum absolute atomic E-state index is 0. The van der Waals surface area contributed by atoms with E-state index in [1.807, 2.05) is 31.1 Å². The van der Waals surface area contributed by atoms with Crippen molar-refractivity contribution >= 4 is 36.5 Å². The summed E-state index contributed by atoms with van der Waals surface area (Å²) in [6.45, 7) is 4.88. The molecule has 2 rings (SSSR count). The molecule has 5 nitrogen and oxygen atoms in total. The number of nitrogens with zero attached hydrogens (tertiary/aromatic N) is 2. The number of aromatic nitrogens is 1. The molecule has 2 heterocycles. The van der Waals surface area contributed by atoms with Gasteiger partial charge in [0.05, 0.1) is 0 Å². The van der Waals surface area contributed by atoms with Crippen molar-refractivity contribution in [1.29, 1.82) is 0 Å². The van der Waals surface area contributed by atoms with Crippen molar-refractivity contribution in [1.82, 2.24) is 15.6 Å². The number of carbonyl (C=O) groups excluding carboxylic acids is 1. The van der Waals surface area contributed by atoms with E-state index in [0.717, 1.165) is 24.5 Å². The van der Waals surface area contributed by atoms with E-state index in [2.05, 4.69) is 22.5 Å². The van der Waals surface area contributed by atoms with Gasteiger partial charge in [0, 0.05) is 38.8 Å². The van der Waals surface area contributed by atoms with Gasteiger partial charge in [-0.1, -0.05) is 13.0 Å². The van der Waals surface area contributed by atoms with Crippen LogP contribution in [0, 0.1) is 11.8 Å². The summed E-state index contributed by atoms with van der Waals surface area (Å²) in [5, 5.41) is 6.46. The lowest BCUT2D eigenvalue weighted by Crippen LogP contribution is -2.35. The molecule has 2 N–H and O–H groups in total. The molecule has 1 aromatic heterocycles. The summed E-state index contributed by atoms with van der Waals surface area (Å²) < 4.78 is 0. The molecule has 1 aliphatic heterocycles. The summed E-state index contributed by atoms with van der Waals surface area (Å²) in [6, 6.07) is 3.92. The van der Waals surface area contributed by atoms with E-state index in [0.29, 0.717) is 24.8 Å². The molecule has 2 atom stereocenters. The van der Waals surface area contributed by atoms with Crippen LogP contribution in [0.2, 0.25) is 0 Å². The van der Waals surface area contributed by atoms with Gasteiger partial charge in [-0.15, -0.1) is 24.8 Å². The van der Waals surface area contributed by atoms with Gasteiger partial charge in [-0.3, -0.25) is 4.79 Å². The second kappa shape index (κ2) is 11.5. The predicted molar refractivity (Wildman–Crippen MR) is 104 cm³/mol. The molecule has 0 bridgehead atoms. The van der Waals surface area contributed by atoms with Crippen LogP contribution in [0.3, 0.4) is 0 Å². The van der Waals surface area contributed by atoms with E-state index in [1.54, 1.807) is 6.20 Å². The Bertz CT molecular complexity index is 493. The lowest BCUT2D eigenvalue weighted by atomic mass is 9.85. The Morgan fingerprint density at radius 2 is 2.21 bits per heavy atom. The van der Waals surface area contributed by atoms with Crippen molar-refractivity contribution in [3.63, 3.8) is 0 Å². The molecule has 7 heteroatoms. The molecule has 0 aliphatic carbocycles. The molecule has 1 amide bonds. The number of nitrogens with one attached hydrogen (secondary N) is 2. The number of amides is 1. The SMILES string of the molecule is CC(CC(=O)NCc1cccnc1N(C)C)C1CCCNC1.Cl.Cl. The van der Waals surface area contributed by atoms with Gasteiger partial charge in [0.25, 0.3) is 0 Å². The fraction of sp³-hybridized carbons (Fsp3) is 0.647. The van der Waals surface area contributed by atoms with Crippen LogP contribution in [0.5, 0.6) is 0 Å². The first-order chi connectivity index (χ1) is 10.6. The topological polar surface area (TPSA) is 57.3 Å². The molecule has 1 fully saturated rings. The average molecular weight is 377 g/mol. The molecule has 24 heavy (non-hydrogen) atoms. The largest absolute Gasteiger partial charge is 0.362 e. The highest BCUT2D eigenvalue weighted by Gasteiger charge is 2.22. The summed E-state index contributed by atoms with van der Waals surface area (Å²) in [6.07, 6.45) is 4.83. The zero-order valence-corrected chi connectivity index (χ0v) is 16.4. The first kappa shape index (κ1) is 23.0. The summed E-state index contributed by atoms with van der Waals surface area (Å²) >= 11 is 0. The van der Waals surface area contributed by atoms with Crippen molar-refractivity contribution in [3.05, 3.63) is 23.9 Å². The van der Waals surface area contributed by atoms with Gasteiger partial charge in [0.1, 0.15) is 5.82 Å². The maximum atomic E-state index is 12.2. The molecule has 0 radical (unpaired) electrons. The zero-order valence-electron chi connectivity index (χ0n) is 14.7. The van der Waals surface area contributed by atoms with Crippen molar-refractivity contribution < 1.29 is 4.79 Å². The van der Waals surface area contributed by atoms with Crippen molar-refractivity contribution in [2.45, 2.75) is 32.7 Å². The molecule has 0 aromatic carbocycles. The fourth-order valence-corrected chi connectivity index (χ4v) is 3.06. The van der Waals surface area contributed by atoms with Gasteiger partial charge in [0.15, 0.2) is 0 Å². The van der Waals surface area contributed by atoms with Crippen LogP contribution in [-0.4, -0.2) is 38.1 Å². The summed E-state index contributed by atoms with van der Waals surface area (Å²) in [5.41, 5.74) is 1.05. The van der Waals surface area contributed by atoms with Crippen LogP contribution in [0.1, 0.15) is 31.7 Å². The number of hydrogen-bond donors (Lipinski definition) is 2. The minimum atomic E-state index is 0. The Morgan fingerprint density at radius 3 is 2.83 bits per heavy atom. The highest BCUT2D eigenvalue weighted by Crippen LogP contribution is 2.22. The summed E-state index contributed by atoms with van der Waals surface area (Å²) in [5.74, 6) is 2.09. The third-order valence-electron chi connectivity index (χ3n) is 4.41. The van der Waals surface area contributed by atoms with Crippen molar-refractivity contribution in [2.24, 2.45) is 11.8 Å². The molecular weight excluding hydrogens is 347 g/mol. The van der Waals surface area contributed by atoms with Gasteiger partial charge < -0.3 is 15.5 Å². The maximum absolute atomic E-state index is 12.2. The van der Waals surface area contributed by atoms with Gasteiger partial charge >= 0.3 is 0 Å². The van der Waals surface area contributed by atoms with Crippen LogP contribution in [-0.2, 0) is 11.3 Å². The number of hydrogen-bond acceptors (Lipinski definition) is 4.